The van der Waals surface area contributed by atoms with Crippen LogP contribution in [-0.4, -0.2) is 19.5 Å². The van der Waals surface area contributed by atoms with Crippen molar-refractivity contribution in [3.8, 4) is 5.95 Å². The average molecular weight is 239 g/mol. The van der Waals surface area contributed by atoms with Gasteiger partial charge in [0.05, 0.1) is 11.0 Å². The zero-order chi connectivity index (χ0) is 12.7. The van der Waals surface area contributed by atoms with Crippen LogP contribution in [0.4, 0.5) is 5.82 Å². The van der Waals surface area contributed by atoms with Crippen LogP contribution >= 0.6 is 0 Å². The molecule has 0 fully saturated rings. The summed E-state index contributed by atoms with van der Waals surface area (Å²) in [6.45, 7) is 3.83. The normalized spacial score (nSPS) is 11.0. The highest BCUT2D eigenvalue weighted by atomic mass is 15.2. The van der Waals surface area contributed by atoms with Crippen molar-refractivity contribution in [3.63, 3.8) is 0 Å². The van der Waals surface area contributed by atoms with Crippen molar-refractivity contribution >= 4 is 16.9 Å². The van der Waals surface area contributed by atoms with Crippen molar-refractivity contribution in [2.24, 2.45) is 0 Å². The maximum atomic E-state index is 5.77. The molecule has 3 aromatic rings. The van der Waals surface area contributed by atoms with Crippen molar-refractivity contribution in [2.45, 2.75) is 13.8 Å². The van der Waals surface area contributed by atoms with Crippen molar-refractivity contribution in [1.29, 1.82) is 0 Å². The lowest BCUT2D eigenvalue weighted by atomic mass is 10.3. The SMILES string of the molecule is Cc1cc(N)nc(-n2c(C)nc3ccccc32)n1. The molecule has 0 bridgehead atoms. The molecule has 0 atom stereocenters. The number of anilines is 1. The molecule has 2 aromatic heterocycles. The first-order chi connectivity index (χ1) is 8.65. The van der Waals surface area contributed by atoms with Gasteiger partial charge >= 0.3 is 0 Å². The van der Waals surface area contributed by atoms with E-state index in [9.17, 15) is 0 Å². The van der Waals surface area contributed by atoms with Gasteiger partial charge in [-0.1, -0.05) is 12.1 Å². The molecule has 3 rings (SSSR count). The van der Waals surface area contributed by atoms with Crippen molar-refractivity contribution in [3.05, 3.63) is 41.9 Å². The predicted molar refractivity (Wildman–Crippen MR) is 70.5 cm³/mol. The van der Waals surface area contributed by atoms with Gasteiger partial charge in [0.15, 0.2) is 0 Å². The van der Waals surface area contributed by atoms with E-state index in [2.05, 4.69) is 15.0 Å². The highest BCUT2D eigenvalue weighted by Crippen LogP contribution is 2.19. The third-order valence-electron chi connectivity index (χ3n) is 2.79. The molecule has 5 nitrogen and oxygen atoms in total. The fraction of sp³-hybridized carbons (Fsp3) is 0.154. The van der Waals surface area contributed by atoms with E-state index < -0.39 is 0 Å². The number of nitrogen functional groups attached to an aromatic ring is 1. The fourth-order valence-electron chi connectivity index (χ4n) is 2.08. The number of aryl methyl sites for hydroxylation is 2. The Balaban J connectivity index is 2.34. The molecule has 0 saturated carbocycles. The van der Waals surface area contributed by atoms with Crippen molar-refractivity contribution < 1.29 is 0 Å². The standard InChI is InChI=1S/C13H13N5/c1-8-7-12(14)17-13(15-8)18-9(2)16-10-5-3-4-6-11(10)18/h3-7H,1-2H3,(H2,14,15,17). The lowest BCUT2D eigenvalue weighted by Crippen LogP contribution is -2.06. The largest absolute Gasteiger partial charge is 0.384 e. The summed E-state index contributed by atoms with van der Waals surface area (Å²) in [5.41, 5.74) is 8.53. The minimum Gasteiger partial charge on any atom is -0.384 e. The maximum Gasteiger partial charge on any atom is 0.237 e. The molecule has 0 unspecified atom stereocenters. The molecule has 1 aromatic carbocycles. The molecule has 0 aliphatic rings. The van der Waals surface area contributed by atoms with E-state index in [0.29, 0.717) is 11.8 Å². The van der Waals surface area contributed by atoms with Gasteiger partial charge in [-0.05, 0) is 26.0 Å². The number of benzene rings is 1. The molecule has 0 aliphatic carbocycles. The molecule has 0 amide bonds. The van der Waals surface area contributed by atoms with Crippen molar-refractivity contribution in [2.75, 3.05) is 5.73 Å². The maximum absolute atomic E-state index is 5.77. The van der Waals surface area contributed by atoms with E-state index in [4.69, 9.17) is 5.73 Å². The van der Waals surface area contributed by atoms with Gasteiger partial charge in [-0.3, -0.25) is 4.57 Å². The number of para-hydroxylation sites is 2. The molecule has 18 heavy (non-hydrogen) atoms. The molecule has 0 spiro atoms. The smallest absolute Gasteiger partial charge is 0.237 e. The molecular weight excluding hydrogens is 226 g/mol. The van der Waals surface area contributed by atoms with Gasteiger partial charge in [0.2, 0.25) is 5.95 Å². The Labute approximate surface area is 104 Å². The lowest BCUT2D eigenvalue weighted by Gasteiger charge is -2.06. The van der Waals surface area contributed by atoms with Gasteiger partial charge in [-0.25, -0.2) is 9.97 Å². The summed E-state index contributed by atoms with van der Waals surface area (Å²) in [7, 11) is 0. The number of hydrogen-bond acceptors (Lipinski definition) is 4. The Hall–Kier alpha value is -2.43. The quantitative estimate of drug-likeness (QED) is 0.705. The average Bonchev–Trinajstić information content (AvgIpc) is 2.63. The zero-order valence-corrected chi connectivity index (χ0v) is 10.3. The van der Waals surface area contributed by atoms with Crippen LogP contribution in [0, 0.1) is 13.8 Å². The van der Waals surface area contributed by atoms with E-state index >= 15 is 0 Å². The summed E-state index contributed by atoms with van der Waals surface area (Å²) in [6.07, 6.45) is 0. The van der Waals surface area contributed by atoms with E-state index in [1.807, 2.05) is 42.7 Å². The van der Waals surface area contributed by atoms with Gasteiger partial charge in [0.25, 0.3) is 0 Å². The topological polar surface area (TPSA) is 69.6 Å². The number of nitrogens with zero attached hydrogens (tertiary/aromatic N) is 4. The van der Waals surface area contributed by atoms with Crippen LogP contribution in [0.3, 0.4) is 0 Å². The number of aromatic nitrogens is 4. The summed E-state index contributed by atoms with van der Waals surface area (Å²) in [5.74, 6) is 1.88. The molecule has 0 saturated heterocycles. The first kappa shape index (κ1) is 10.7. The summed E-state index contributed by atoms with van der Waals surface area (Å²) in [4.78, 5) is 13.2. The molecule has 2 N–H and O–H groups in total. The molecule has 0 radical (unpaired) electrons. The van der Waals surface area contributed by atoms with Crippen molar-refractivity contribution in [1.82, 2.24) is 19.5 Å². The van der Waals surface area contributed by atoms with Crippen LogP contribution in [0.5, 0.6) is 0 Å². The molecular formula is C13H13N5. The van der Waals surface area contributed by atoms with Crippen LogP contribution < -0.4 is 5.73 Å². The third-order valence-corrected chi connectivity index (χ3v) is 2.79. The van der Waals surface area contributed by atoms with Gasteiger partial charge in [0, 0.05) is 11.8 Å². The van der Waals surface area contributed by atoms with Crippen LogP contribution in [0.25, 0.3) is 17.0 Å². The Kier molecular flexibility index (Phi) is 2.26. The van der Waals surface area contributed by atoms with Crippen LogP contribution in [0.2, 0.25) is 0 Å². The summed E-state index contributed by atoms with van der Waals surface area (Å²) >= 11 is 0. The molecule has 2 heterocycles. The lowest BCUT2D eigenvalue weighted by molar-refractivity contribution is 0.895. The summed E-state index contributed by atoms with van der Waals surface area (Å²) in [5, 5.41) is 0. The second-order valence-electron chi connectivity index (χ2n) is 4.22. The summed E-state index contributed by atoms with van der Waals surface area (Å²) in [6, 6.07) is 9.65. The van der Waals surface area contributed by atoms with E-state index in [1.165, 1.54) is 0 Å². The number of rotatable bonds is 1. The van der Waals surface area contributed by atoms with E-state index in [1.54, 1.807) is 6.07 Å². The Bertz CT molecular complexity index is 709. The third kappa shape index (κ3) is 1.60. The fourth-order valence-corrected chi connectivity index (χ4v) is 2.08. The minimum absolute atomic E-state index is 0.467. The predicted octanol–water partition coefficient (Wildman–Crippen LogP) is 2.01. The van der Waals surface area contributed by atoms with E-state index in [0.717, 1.165) is 22.6 Å². The Morgan fingerprint density at radius 1 is 1.06 bits per heavy atom. The summed E-state index contributed by atoms with van der Waals surface area (Å²) < 4.78 is 1.92. The van der Waals surface area contributed by atoms with Gasteiger partial charge < -0.3 is 5.73 Å². The van der Waals surface area contributed by atoms with Gasteiger partial charge in [0.1, 0.15) is 11.6 Å². The minimum atomic E-state index is 0.467. The molecule has 90 valence electrons. The number of nitrogens with two attached hydrogens (primary N) is 1. The monoisotopic (exact) mass is 239 g/mol. The number of fused-ring (bicyclic) bond motifs is 1. The van der Waals surface area contributed by atoms with Gasteiger partial charge in [-0.15, -0.1) is 0 Å². The second kappa shape index (κ2) is 3.80. The van der Waals surface area contributed by atoms with Gasteiger partial charge in [-0.2, -0.15) is 4.98 Å². The Morgan fingerprint density at radius 2 is 1.83 bits per heavy atom. The van der Waals surface area contributed by atoms with Crippen LogP contribution in [-0.2, 0) is 0 Å². The zero-order valence-electron chi connectivity index (χ0n) is 10.3. The molecule has 5 heteroatoms. The molecule has 0 aliphatic heterocycles. The number of hydrogen-bond donors (Lipinski definition) is 1. The van der Waals surface area contributed by atoms with Crippen LogP contribution in [0.1, 0.15) is 11.5 Å². The highest BCUT2D eigenvalue weighted by Gasteiger charge is 2.11. The highest BCUT2D eigenvalue weighted by molar-refractivity contribution is 5.77. The Morgan fingerprint density at radius 3 is 2.61 bits per heavy atom. The second-order valence-corrected chi connectivity index (χ2v) is 4.22. The first-order valence-electron chi connectivity index (χ1n) is 5.71. The first-order valence-corrected chi connectivity index (χ1v) is 5.71. The van der Waals surface area contributed by atoms with Crippen LogP contribution in [0.15, 0.2) is 30.3 Å². The van der Waals surface area contributed by atoms with E-state index in [-0.39, 0.29) is 0 Å². The number of imidazole rings is 1.